The molecule has 8 nitrogen and oxygen atoms in total. The number of aryl methyl sites for hydroxylation is 1. The van der Waals surface area contributed by atoms with Gasteiger partial charge in [0.25, 0.3) is 5.56 Å². The van der Waals surface area contributed by atoms with Gasteiger partial charge in [0, 0.05) is 25.3 Å². The van der Waals surface area contributed by atoms with Crippen molar-refractivity contribution >= 4 is 10.9 Å². The predicted molar refractivity (Wildman–Crippen MR) is 150 cm³/mol. The highest BCUT2D eigenvalue weighted by Crippen LogP contribution is 2.31. The number of hydrogen-bond donors (Lipinski definition) is 1. The second-order valence-electron chi connectivity index (χ2n) is 10.4. The Balaban J connectivity index is 1.51. The molecule has 2 aromatic heterocycles. The van der Waals surface area contributed by atoms with Crippen molar-refractivity contribution < 1.29 is 9.13 Å². The van der Waals surface area contributed by atoms with E-state index < -0.39 is 6.04 Å². The minimum Gasteiger partial charge on any atom is -0.376 e. The third-order valence-corrected chi connectivity index (χ3v) is 7.51. The smallest absolute Gasteiger partial charge is 0.253 e. The lowest BCUT2D eigenvalue weighted by Gasteiger charge is -2.31. The van der Waals surface area contributed by atoms with Crippen molar-refractivity contribution in [3.63, 3.8) is 0 Å². The monoisotopic (exact) mass is 538 g/mol. The summed E-state index contributed by atoms with van der Waals surface area (Å²) < 4.78 is 21.5. The Morgan fingerprint density at radius 1 is 1.05 bits per heavy atom. The van der Waals surface area contributed by atoms with Crippen LogP contribution in [0.25, 0.3) is 10.9 Å². The molecule has 0 bridgehead atoms. The zero-order valence-corrected chi connectivity index (χ0v) is 22.3. The van der Waals surface area contributed by atoms with Crippen molar-refractivity contribution in [2.75, 3.05) is 6.61 Å². The molecule has 1 aliphatic heterocycles. The van der Waals surface area contributed by atoms with Gasteiger partial charge in [0.2, 0.25) is 0 Å². The number of aromatic nitrogens is 5. The summed E-state index contributed by atoms with van der Waals surface area (Å²) in [5.74, 6) is 0.266. The fourth-order valence-electron chi connectivity index (χ4n) is 5.50. The number of nitrogens with one attached hydrogen (secondary N) is 1. The molecular formula is C31H31FN6O2. The van der Waals surface area contributed by atoms with Gasteiger partial charge in [-0.25, -0.2) is 9.07 Å². The van der Waals surface area contributed by atoms with E-state index in [1.165, 1.54) is 12.1 Å². The quantitative estimate of drug-likeness (QED) is 0.286. The lowest BCUT2D eigenvalue weighted by atomic mass is 10.0. The van der Waals surface area contributed by atoms with E-state index in [0.717, 1.165) is 47.0 Å². The van der Waals surface area contributed by atoms with Gasteiger partial charge in [-0.3, -0.25) is 9.69 Å². The molecular weight excluding hydrogens is 507 g/mol. The Labute approximate surface area is 231 Å². The molecule has 0 aliphatic carbocycles. The fourth-order valence-corrected chi connectivity index (χ4v) is 5.50. The van der Waals surface area contributed by atoms with Crippen LogP contribution >= 0.6 is 0 Å². The van der Waals surface area contributed by atoms with Gasteiger partial charge in [0.15, 0.2) is 5.82 Å². The van der Waals surface area contributed by atoms with Crippen LogP contribution in [0.2, 0.25) is 0 Å². The average Bonchev–Trinajstić information content (AvgIpc) is 3.64. The summed E-state index contributed by atoms with van der Waals surface area (Å²) in [6.45, 7) is 4.16. The van der Waals surface area contributed by atoms with Crippen molar-refractivity contribution in [3.05, 3.63) is 123 Å². The number of ether oxygens (including phenoxy) is 1. The first kappa shape index (κ1) is 26.0. The number of benzene rings is 3. The van der Waals surface area contributed by atoms with Crippen LogP contribution < -0.4 is 5.56 Å². The Morgan fingerprint density at radius 3 is 2.58 bits per heavy atom. The highest BCUT2D eigenvalue weighted by Gasteiger charge is 2.32. The van der Waals surface area contributed by atoms with Gasteiger partial charge in [0.05, 0.1) is 18.2 Å². The van der Waals surface area contributed by atoms with Crippen LogP contribution in [0.5, 0.6) is 0 Å². The zero-order chi connectivity index (χ0) is 27.5. The minimum atomic E-state index is -0.588. The molecule has 9 heteroatoms. The molecule has 204 valence electrons. The summed E-state index contributed by atoms with van der Waals surface area (Å²) in [6, 6.07) is 23.8. The van der Waals surface area contributed by atoms with Gasteiger partial charge in [-0.2, -0.15) is 0 Å². The average molecular weight is 539 g/mol. The summed E-state index contributed by atoms with van der Waals surface area (Å²) in [7, 11) is 0. The Hall–Kier alpha value is -4.21. The topological polar surface area (TPSA) is 88.9 Å². The van der Waals surface area contributed by atoms with Crippen LogP contribution in [0, 0.1) is 12.7 Å². The molecule has 0 saturated carbocycles. The first-order valence-corrected chi connectivity index (χ1v) is 13.6. The molecule has 1 aliphatic rings. The van der Waals surface area contributed by atoms with Crippen molar-refractivity contribution in [2.24, 2.45) is 0 Å². The molecule has 2 atom stereocenters. The Bertz CT molecular complexity index is 1640. The second kappa shape index (κ2) is 11.5. The summed E-state index contributed by atoms with van der Waals surface area (Å²) in [4.78, 5) is 19.1. The largest absolute Gasteiger partial charge is 0.376 e. The summed E-state index contributed by atoms with van der Waals surface area (Å²) in [5, 5.41) is 13.8. The number of aromatic amines is 1. The first-order chi connectivity index (χ1) is 19.5. The number of pyridine rings is 1. The van der Waals surface area contributed by atoms with Gasteiger partial charge in [0.1, 0.15) is 11.9 Å². The van der Waals surface area contributed by atoms with Crippen LogP contribution in [0.3, 0.4) is 0 Å². The number of rotatable bonds is 9. The predicted octanol–water partition coefficient (Wildman–Crippen LogP) is 4.93. The molecule has 6 rings (SSSR count). The van der Waals surface area contributed by atoms with E-state index in [9.17, 15) is 9.18 Å². The number of halogens is 1. The Kier molecular flexibility index (Phi) is 7.48. The molecule has 5 aromatic rings. The van der Waals surface area contributed by atoms with E-state index in [-0.39, 0.29) is 17.5 Å². The molecule has 0 radical (unpaired) electrons. The number of hydrogen-bond acceptors (Lipinski definition) is 6. The van der Waals surface area contributed by atoms with Gasteiger partial charge >= 0.3 is 0 Å². The number of para-hydroxylation sites is 1. The van der Waals surface area contributed by atoms with E-state index in [1.54, 1.807) is 16.8 Å². The maximum Gasteiger partial charge on any atom is 0.253 e. The maximum atomic E-state index is 13.8. The van der Waals surface area contributed by atoms with E-state index >= 15 is 0 Å². The highest BCUT2D eigenvalue weighted by molar-refractivity contribution is 5.82. The van der Waals surface area contributed by atoms with Gasteiger partial charge in [-0.05, 0) is 70.5 Å². The summed E-state index contributed by atoms with van der Waals surface area (Å²) in [5.41, 5.74) is 4.12. The zero-order valence-electron chi connectivity index (χ0n) is 22.3. The van der Waals surface area contributed by atoms with E-state index in [4.69, 9.17) is 4.74 Å². The highest BCUT2D eigenvalue weighted by atomic mass is 19.1. The van der Waals surface area contributed by atoms with Crippen LogP contribution in [0.1, 0.15) is 47.0 Å². The third-order valence-electron chi connectivity index (χ3n) is 7.51. The summed E-state index contributed by atoms with van der Waals surface area (Å²) in [6.07, 6.45) is 1.95. The fraction of sp³-hybridized carbons (Fsp3) is 0.290. The molecule has 0 spiro atoms. The summed E-state index contributed by atoms with van der Waals surface area (Å²) >= 11 is 0. The molecule has 3 aromatic carbocycles. The minimum absolute atomic E-state index is 0.0140. The standard InChI is InChI=1S/C31H31FN6O2/c1-21-7-5-10-24-17-27(31(39)33-28(21)24)29(30-34-35-36-38(30)20-26-11-6-16-40-26)37(18-22-8-3-2-4-9-22)19-23-12-14-25(32)15-13-23/h2-5,7-10,12-15,17,26,29H,6,11,16,18-20H2,1H3,(H,33,39)/t26-,29+/m0/s1. The molecule has 1 fully saturated rings. The number of nitrogens with zero attached hydrogens (tertiary/aromatic N) is 5. The van der Waals surface area contributed by atoms with E-state index in [2.05, 4.69) is 37.5 Å². The second-order valence-corrected chi connectivity index (χ2v) is 10.4. The van der Waals surface area contributed by atoms with Crippen LogP contribution in [0.4, 0.5) is 4.39 Å². The third kappa shape index (κ3) is 5.57. The lowest BCUT2D eigenvalue weighted by molar-refractivity contribution is 0.0903. The van der Waals surface area contributed by atoms with Crippen molar-refractivity contribution in [1.29, 1.82) is 0 Å². The lowest BCUT2D eigenvalue weighted by Crippen LogP contribution is -2.35. The van der Waals surface area contributed by atoms with Crippen LogP contribution in [-0.2, 0) is 24.4 Å². The normalized spacial score (nSPS) is 16.1. The molecule has 1 saturated heterocycles. The van der Waals surface area contributed by atoms with Crippen molar-refractivity contribution in [1.82, 2.24) is 30.1 Å². The molecule has 3 heterocycles. The maximum absolute atomic E-state index is 13.8. The molecule has 1 N–H and O–H groups in total. The van der Waals surface area contributed by atoms with Crippen LogP contribution in [-0.4, -0.2) is 42.8 Å². The number of tetrazole rings is 1. The van der Waals surface area contributed by atoms with E-state index in [1.807, 2.05) is 49.4 Å². The van der Waals surface area contributed by atoms with Gasteiger partial charge in [-0.1, -0.05) is 60.7 Å². The number of fused-ring (bicyclic) bond motifs is 1. The molecule has 40 heavy (non-hydrogen) atoms. The molecule has 0 unspecified atom stereocenters. The van der Waals surface area contributed by atoms with E-state index in [0.29, 0.717) is 31.0 Å². The van der Waals surface area contributed by atoms with Gasteiger partial charge < -0.3 is 9.72 Å². The van der Waals surface area contributed by atoms with Gasteiger partial charge in [-0.15, -0.1) is 5.10 Å². The SMILES string of the molecule is Cc1cccc2cc([C@H](c3nnnn3C[C@@H]3CCCO3)N(Cc3ccccc3)Cc3ccc(F)cc3)c(=O)[nH]c12. The number of H-pyrrole nitrogens is 1. The van der Waals surface area contributed by atoms with Crippen molar-refractivity contribution in [2.45, 2.75) is 51.5 Å². The van der Waals surface area contributed by atoms with Crippen molar-refractivity contribution in [3.8, 4) is 0 Å². The Morgan fingerprint density at radius 2 is 1.82 bits per heavy atom. The first-order valence-electron chi connectivity index (χ1n) is 13.6. The van der Waals surface area contributed by atoms with Crippen LogP contribution in [0.15, 0.2) is 83.7 Å². The molecule has 0 amide bonds.